The van der Waals surface area contributed by atoms with Crippen LogP contribution in [0, 0.1) is 5.92 Å². The van der Waals surface area contributed by atoms with Gasteiger partial charge in [-0.2, -0.15) is 0 Å². The zero-order chi connectivity index (χ0) is 11.6. The highest BCUT2D eigenvalue weighted by molar-refractivity contribution is 5.92. The van der Waals surface area contributed by atoms with Crippen molar-refractivity contribution in [1.29, 1.82) is 0 Å². The van der Waals surface area contributed by atoms with Crippen molar-refractivity contribution in [2.75, 3.05) is 0 Å². The van der Waals surface area contributed by atoms with E-state index < -0.39 is 17.7 Å². The van der Waals surface area contributed by atoms with E-state index in [1.54, 1.807) is 0 Å². The first-order valence-electron chi connectivity index (χ1n) is 4.64. The number of carbonyl (C=O) groups is 1. The lowest BCUT2D eigenvalue weighted by atomic mass is 9.96. The monoisotopic (exact) mass is 213 g/mol. The molecule has 0 saturated heterocycles. The minimum absolute atomic E-state index is 0.104. The molecule has 15 heavy (non-hydrogen) atoms. The number of nitrogens with two attached hydrogens (primary N) is 1. The smallest absolute Gasteiger partial charge is 0.275 e. The van der Waals surface area contributed by atoms with Crippen LogP contribution in [-0.2, 0) is 5.92 Å². The van der Waals surface area contributed by atoms with Crippen LogP contribution in [0.25, 0.3) is 0 Å². The summed E-state index contributed by atoms with van der Waals surface area (Å²) in [4.78, 5) is 10.8. The normalized spacial score (nSPS) is 11.8. The van der Waals surface area contributed by atoms with Gasteiger partial charge in [-0.15, -0.1) is 0 Å². The van der Waals surface area contributed by atoms with Crippen LogP contribution in [0.2, 0.25) is 0 Å². The van der Waals surface area contributed by atoms with Crippen LogP contribution in [0.1, 0.15) is 29.8 Å². The van der Waals surface area contributed by atoms with Gasteiger partial charge in [-0.05, 0) is 12.1 Å². The maximum absolute atomic E-state index is 13.6. The summed E-state index contributed by atoms with van der Waals surface area (Å²) < 4.78 is 27.1. The van der Waals surface area contributed by atoms with Gasteiger partial charge in [0, 0.05) is 17.0 Å². The Morgan fingerprint density at radius 2 is 2.00 bits per heavy atom. The van der Waals surface area contributed by atoms with Crippen LogP contribution in [0.15, 0.2) is 24.3 Å². The number of carbonyl (C=O) groups excluding carboxylic acids is 1. The van der Waals surface area contributed by atoms with Crippen molar-refractivity contribution in [2.24, 2.45) is 11.7 Å². The summed E-state index contributed by atoms with van der Waals surface area (Å²) in [5, 5.41) is 0. The van der Waals surface area contributed by atoms with Gasteiger partial charge in [0.1, 0.15) is 0 Å². The molecule has 82 valence electrons. The lowest BCUT2D eigenvalue weighted by Crippen LogP contribution is -2.22. The molecular formula is C11H13F2NO. The number of hydrogen-bond donors (Lipinski definition) is 1. The summed E-state index contributed by atoms with van der Waals surface area (Å²) in [5.41, 5.74) is 4.95. The van der Waals surface area contributed by atoms with Gasteiger partial charge in [0.15, 0.2) is 0 Å². The average Bonchev–Trinajstić information content (AvgIpc) is 2.17. The fourth-order valence-electron chi connectivity index (χ4n) is 1.21. The van der Waals surface area contributed by atoms with E-state index in [-0.39, 0.29) is 11.1 Å². The summed E-state index contributed by atoms with van der Waals surface area (Å²) in [6.45, 7) is 2.86. The molecule has 0 heterocycles. The van der Waals surface area contributed by atoms with E-state index in [9.17, 15) is 13.6 Å². The van der Waals surface area contributed by atoms with E-state index in [2.05, 4.69) is 0 Å². The van der Waals surface area contributed by atoms with Gasteiger partial charge in [0.2, 0.25) is 5.91 Å². The number of halogens is 2. The summed E-state index contributed by atoms with van der Waals surface area (Å²) in [7, 11) is 0. The molecule has 0 aliphatic heterocycles. The first-order chi connectivity index (χ1) is 6.85. The predicted octanol–water partition coefficient (Wildman–Crippen LogP) is 2.53. The van der Waals surface area contributed by atoms with Crippen molar-refractivity contribution < 1.29 is 13.6 Å². The average molecular weight is 213 g/mol. The SMILES string of the molecule is CC(C)C(F)(F)c1cccc(C(N)=O)c1. The zero-order valence-corrected chi connectivity index (χ0v) is 8.63. The molecule has 0 bridgehead atoms. The highest BCUT2D eigenvalue weighted by atomic mass is 19.3. The van der Waals surface area contributed by atoms with E-state index in [1.165, 1.54) is 32.0 Å². The number of primary amides is 1. The minimum atomic E-state index is -2.94. The Balaban J connectivity index is 3.16. The van der Waals surface area contributed by atoms with Crippen molar-refractivity contribution in [3.8, 4) is 0 Å². The standard InChI is InChI=1S/C11H13F2NO/c1-7(2)11(12,13)9-5-3-4-8(6-9)10(14)15/h3-7H,1-2H3,(H2,14,15). The summed E-state index contributed by atoms with van der Waals surface area (Å²) in [5.74, 6) is -4.46. The molecule has 0 spiro atoms. The van der Waals surface area contributed by atoms with Gasteiger partial charge in [-0.3, -0.25) is 4.79 Å². The quantitative estimate of drug-likeness (QED) is 0.823. The summed E-state index contributed by atoms with van der Waals surface area (Å²) >= 11 is 0. The number of amides is 1. The Morgan fingerprint density at radius 3 is 2.47 bits per heavy atom. The lowest BCUT2D eigenvalue weighted by molar-refractivity contribution is -0.0514. The highest BCUT2D eigenvalue weighted by Gasteiger charge is 2.35. The molecular weight excluding hydrogens is 200 g/mol. The van der Waals surface area contributed by atoms with Crippen molar-refractivity contribution >= 4 is 5.91 Å². The van der Waals surface area contributed by atoms with Crippen LogP contribution in [0.5, 0.6) is 0 Å². The fraction of sp³-hybridized carbons (Fsp3) is 0.364. The van der Waals surface area contributed by atoms with Crippen LogP contribution < -0.4 is 5.73 Å². The van der Waals surface area contributed by atoms with E-state index in [0.717, 1.165) is 6.07 Å². The molecule has 0 unspecified atom stereocenters. The molecule has 0 saturated carbocycles. The first kappa shape index (κ1) is 11.6. The molecule has 1 aromatic rings. The second-order valence-electron chi connectivity index (χ2n) is 3.72. The molecule has 0 aliphatic rings. The predicted molar refractivity (Wildman–Crippen MR) is 53.7 cm³/mol. The summed E-state index contributed by atoms with van der Waals surface area (Å²) in [6.07, 6.45) is 0. The molecule has 0 radical (unpaired) electrons. The zero-order valence-electron chi connectivity index (χ0n) is 8.63. The molecule has 1 aromatic carbocycles. The number of alkyl halides is 2. The third kappa shape index (κ3) is 2.32. The van der Waals surface area contributed by atoms with Gasteiger partial charge in [-0.25, -0.2) is 8.78 Å². The number of hydrogen-bond acceptors (Lipinski definition) is 1. The van der Waals surface area contributed by atoms with E-state index in [4.69, 9.17) is 5.73 Å². The molecule has 0 aromatic heterocycles. The Bertz CT molecular complexity index is 375. The van der Waals surface area contributed by atoms with Gasteiger partial charge < -0.3 is 5.73 Å². The van der Waals surface area contributed by atoms with E-state index in [1.807, 2.05) is 0 Å². The molecule has 1 rings (SSSR count). The maximum atomic E-state index is 13.6. The van der Waals surface area contributed by atoms with Crippen LogP contribution in [-0.4, -0.2) is 5.91 Å². The number of rotatable bonds is 3. The van der Waals surface area contributed by atoms with Crippen molar-refractivity contribution in [1.82, 2.24) is 0 Å². The lowest BCUT2D eigenvalue weighted by Gasteiger charge is -2.20. The molecule has 2 N–H and O–H groups in total. The fourth-order valence-corrected chi connectivity index (χ4v) is 1.21. The van der Waals surface area contributed by atoms with Crippen LogP contribution in [0.3, 0.4) is 0 Å². The largest absolute Gasteiger partial charge is 0.366 e. The van der Waals surface area contributed by atoms with Gasteiger partial charge >= 0.3 is 0 Å². The molecule has 0 atom stereocenters. The first-order valence-corrected chi connectivity index (χ1v) is 4.64. The van der Waals surface area contributed by atoms with Crippen LogP contribution >= 0.6 is 0 Å². The van der Waals surface area contributed by atoms with E-state index >= 15 is 0 Å². The van der Waals surface area contributed by atoms with Gasteiger partial charge in [0.25, 0.3) is 5.92 Å². The second-order valence-corrected chi connectivity index (χ2v) is 3.72. The Kier molecular flexibility index (Phi) is 3.07. The molecule has 0 aliphatic carbocycles. The molecule has 4 heteroatoms. The second kappa shape index (κ2) is 3.96. The minimum Gasteiger partial charge on any atom is -0.366 e. The van der Waals surface area contributed by atoms with E-state index in [0.29, 0.717) is 0 Å². The van der Waals surface area contributed by atoms with Crippen molar-refractivity contribution in [3.05, 3.63) is 35.4 Å². The summed E-state index contributed by atoms with van der Waals surface area (Å²) in [6, 6.07) is 5.27. The van der Waals surface area contributed by atoms with Gasteiger partial charge in [0.05, 0.1) is 0 Å². The molecule has 1 amide bonds. The molecule has 2 nitrogen and oxygen atoms in total. The maximum Gasteiger partial charge on any atom is 0.275 e. The topological polar surface area (TPSA) is 43.1 Å². The molecule has 0 fully saturated rings. The van der Waals surface area contributed by atoms with Crippen molar-refractivity contribution in [2.45, 2.75) is 19.8 Å². The van der Waals surface area contributed by atoms with Crippen molar-refractivity contribution in [3.63, 3.8) is 0 Å². The Morgan fingerprint density at radius 1 is 1.40 bits per heavy atom. The third-order valence-electron chi connectivity index (χ3n) is 2.26. The Labute approximate surface area is 87.1 Å². The Hall–Kier alpha value is -1.45. The third-order valence-corrected chi connectivity index (χ3v) is 2.26. The number of benzene rings is 1. The highest BCUT2D eigenvalue weighted by Crippen LogP contribution is 2.35. The van der Waals surface area contributed by atoms with Gasteiger partial charge in [-0.1, -0.05) is 26.0 Å². The van der Waals surface area contributed by atoms with Crippen LogP contribution in [0.4, 0.5) is 8.78 Å².